The number of nitrogens with zero attached hydrogens (tertiary/aromatic N) is 3. The first kappa shape index (κ1) is 19.9. The van der Waals surface area contributed by atoms with Crippen LogP contribution in [0, 0.1) is 6.92 Å². The van der Waals surface area contributed by atoms with Crippen molar-refractivity contribution in [2.45, 2.75) is 30.6 Å². The van der Waals surface area contributed by atoms with Gasteiger partial charge < -0.3 is 4.52 Å². The van der Waals surface area contributed by atoms with Crippen molar-refractivity contribution in [2.24, 2.45) is 0 Å². The summed E-state index contributed by atoms with van der Waals surface area (Å²) in [5.74, 6) is 0.905. The second-order valence-corrected chi connectivity index (χ2v) is 9.91. The average Bonchev–Trinajstić information content (AvgIpc) is 3.29. The van der Waals surface area contributed by atoms with Crippen LogP contribution < -0.4 is 0 Å². The molecule has 2 heterocycles. The van der Waals surface area contributed by atoms with Gasteiger partial charge in [-0.1, -0.05) is 71.4 Å². The van der Waals surface area contributed by atoms with E-state index in [2.05, 4.69) is 10.1 Å². The Morgan fingerprint density at radius 1 is 1.00 bits per heavy atom. The summed E-state index contributed by atoms with van der Waals surface area (Å²) < 4.78 is 34.1. The van der Waals surface area contributed by atoms with Gasteiger partial charge in [-0.2, -0.15) is 9.29 Å². The number of hydrogen-bond donors (Lipinski definition) is 0. The van der Waals surface area contributed by atoms with E-state index >= 15 is 0 Å². The van der Waals surface area contributed by atoms with E-state index in [1.165, 1.54) is 0 Å². The van der Waals surface area contributed by atoms with Crippen molar-refractivity contribution in [2.75, 3.05) is 13.1 Å². The Morgan fingerprint density at radius 3 is 2.61 bits per heavy atom. The molecule has 0 aliphatic carbocycles. The fourth-order valence-corrected chi connectivity index (χ4v) is 5.88. The first-order valence-electron chi connectivity index (χ1n) is 10.4. The minimum Gasteiger partial charge on any atom is -0.339 e. The molecule has 0 radical (unpaired) electrons. The van der Waals surface area contributed by atoms with Gasteiger partial charge >= 0.3 is 0 Å². The van der Waals surface area contributed by atoms with Crippen LogP contribution in [0.5, 0.6) is 0 Å². The summed E-state index contributed by atoms with van der Waals surface area (Å²) in [5, 5.41) is 5.78. The van der Waals surface area contributed by atoms with Gasteiger partial charge in [-0.05, 0) is 31.2 Å². The molecule has 1 fully saturated rings. The summed E-state index contributed by atoms with van der Waals surface area (Å²) in [4.78, 5) is 4.92. The molecule has 31 heavy (non-hydrogen) atoms. The van der Waals surface area contributed by atoms with Gasteiger partial charge in [0.1, 0.15) is 0 Å². The summed E-state index contributed by atoms with van der Waals surface area (Å²) in [5.41, 5.74) is 2.05. The lowest BCUT2D eigenvalue weighted by molar-refractivity contribution is 0.266. The second kappa shape index (κ2) is 7.90. The molecule has 1 aromatic heterocycles. The van der Waals surface area contributed by atoms with Crippen LogP contribution in [-0.2, 0) is 10.0 Å². The smallest absolute Gasteiger partial charge is 0.243 e. The number of rotatable bonds is 4. The van der Waals surface area contributed by atoms with E-state index in [4.69, 9.17) is 4.52 Å². The van der Waals surface area contributed by atoms with Crippen molar-refractivity contribution in [1.82, 2.24) is 14.4 Å². The maximum atomic E-state index is 13.5. The second-order valence-electron chi connectivity index (χ2n) is 8.00. The predicted molar refractivity (Wildman–Crippen MR) is 119 cm³/mol. The topological polar surface area (TPSA) is 76.3 Å². The molecule has 1 aliphatic rings. The van der Waals surface area contributed by atoms with Crippen LogP contribution in [0.25, 0.3) is 22.2 Å². The van der Waals surface area contributed by atoms with Crippen molar-refractivity contribution >= 4 is 20.8 Å². The molecule has 3 aromatic carbocycles. The van der Waals surface area contributed by atoms with Gasteiger partial charge in [-0.25, -0.2) is 8.42 Å². The van der Waals surface area contributed by atoms with Crippen molar-refractivity contribution in [1.29, 1.82) is 0 Å². The highest BCUT2D eigenvalue weighted by Gasteiger charge is 2.34. The number of aromatic nitrogens is 2. The van der Waals surface area contributed by atoms with Crippen molar-refractivity contribution in [3.05, 3.63) is 78.2 Å². The van der Waals surface area contributed by atoms with Crippen molar-refractivity contribution in [3.8, 4) is 11.4 Å². The number of fused-ring (bicyclic) bond motifs is 1. The van der Waals surface area contributed by atoms with Gasteiger partial charge in [0.15, 0.2) is 0 Å². The monoisotopic (exact) mass is 433 g/mol. The molecule has 5 rings (SSSR count). The SMILES string of the molecule is Cc1ccc(-c2noc(C3CCCN(S(=O)(=O)c4cccc5ccccc45)C3)n2)cc1. The molecule has 0 bridgehead atoms. The molecule has 1 saturated heterocycles. The molecule has 0 N–H and O–H groups in total. The van der Waals surface area contributed by atoms with E-state index < -0.39 is 10.0 Å². The van der Waals surface area contributed by atoms with Gasteiger partial charge in [0, 0.05) is 24.0 Å². The van der Waals surface area contributed by atoms with E-state index in [9.17, 15) is 8.42 Å². The molecule has 0 amide bonds. The third-order valence-corrected chi connectivity index (χ3v) is 7.78. The standard InChI is InChI=1S/C24H23N3O3S/c1-17-11-13-19(14-12-17)23-25-24(30-26-23)20-8-5-15-27(16-20)31(28,29)22-10-4-7-18-6-2-3-9-21(18)22/h2-4,6-7,9-14,20H,5,8,15-16H2,1H3. The van der Waals surface area contributed by atoms with Crippen LogP contribution in [0.2, 0.25) is 0 Å². The zero-order valence-corrected chi connectivity index (χ0v) is 18.0. The highest BCUT2D eigenvalue weighted by molar-refractivity contribution is 7.89. The first-order chi connectivity index (χ1) is 15.0. The summed E-state index contributed by atoms with van der Waals surface area (Å²) >= 11 is 0. The number of hydrogen-bond acceptors (Lipinski definition) is 5. The molecular weight excluding hydrogens is 410 g/mol. The van der Waals surface area contributed by atoms with Crippen LogP contribution in [0.15, 0.2) is 76.1 Å². The minimum absolute atomic E-state index is 0.120. The van der Waals surface area contributed by atoms with E-state index in [0.29, 0.717) is 29.7 Å². The van der Waals surface area contributed by atoms with Crippen LogP contribution >= 0.6 is 0 Å². The van der Waals surface area contributed by atoms with Gasteiger partial charge in [0.05, 0.1) is 10.8 Å². The molecular formula is C24H23N3O3S. The molecule has 0 saturated carbocycles. The summed E-state index contributed by atoms with van der Waals surface area (Å²) in [7, 11) is -3.64. The maximum absolute atomic E-state index is 13.5. The molecule has 0 spiro atoms. The zero-order chi connectivity index (χ0) is 21.4. The van der Waals surface area contributed by atoms with Gasteiger partial charge in [0.2, 0.25) is 21.7 Å². The lowest BCUT2D eigenvalue weighted by atomic mass is 10.00. The van der Waals surface area contributed by atoms with Crippen molar-refractivity contribution in [3.63, 3.8) is 0 Å². The lowest BCUT2D eigenvalue weighted by Crippen LogP contribution is -2.39. The van der Waals surface area contributed by atoms with E-state index in [1.807, 2.05) is 61.5 Å². The lowest BCUT2D eigenvalue weighted by Gasteiger charge is -2.30. The number of sulfonamides is 1. The maximum Gasteiger partial charge on any atom is 0.243 e. The number of piperidine rings is 1. The van der Waals surface area contributed by atoms with Crippen LogP contribution in [-0.4, -0.2) is 36.0 Å². The Bertz CT molecular complexity index is 1320. The Morgan fingerprint density at radius 2 is 1.77 bits per heavy atom. The molecule has 7 heteroatoms. The quantitative estimate of drug-likeness (QED) is 0.463. The molecule has 158 valence electrons. The Hall–Kier alpha value is -3.03. The van der Waals surface area contributed by atoms with E-state index in [-0.39, 0.29) is 5.92 Å². The highest BCUT2D eigenvalue weighted by Crippen LogP contribution is 2.32. The van der Waals surface area contributed by atoms with Crippen LogP contribution in [0.4, 0.5) is 0 Å². The molecule has 4 aromatic rings. The third kappa shape index (κ3) is 3.75. The predicted octanol–water partition coefficient (Wildman–Crippen LogP) is 4.77. The van der Waals surface area contributed by atoms with Gasteiger partial charge in [-0.3, -0.25) is 0 Å². The van der Waals surface area contributed by atoms with E-state index in [1.54, 1.807) is 16.4 Å². The van der Waals surface area contributed by atoms with Gasteiger partial charge in [-0.15, -0.1) is 0 Å². The zero-order valence-electron chi connectivity index (χ0n) is 17.2. The Labute approximate surface area is 181 Å². The van der Waals surface area contributed by atoms with E-state index in [0.717, 1.165) is 34.7 Å². The fourth-order valence-electron chi connectivity index (χ4n) is 4.14. The molecule has 1 unspecified atom stereocenters. The normalized spacial score (nSPS) is 17.8. The molecule has 6 nitrogen and oxygen atoms in total. The fraction of sp³-hybridized carbons (Fsp3) is 0.250. The Kier molecular flexibility index (Phi) is 5.08. The Balaban J connectivity index is 1.42. The number of aryl methyl sites for hydroxylation is 1. The third-order valence-electron chi connectivity index (χ3n) is 5.85. The highest BCUT2D eigenvalue weighted by atomic mass is 32.2. The molecule has 1 aliphatic heterocycles. The summed E-state index contributed by atoms with van der Waals surface area (Å²) in [6.07, 6.45) is 1.56. The number of benzene rings is 3. The summed E-state index contributed by atoms with van der Waals surface area (Å²) in [6.45, 7) is 2.85. The molecule has 1 atom stereocenters. The van der Waals surface area contributed by atoms with Crippen LogP contribution in [0.1, 0.15) is 30.2 Å². The minimum atomic E-state index is -3.64. The summed E-state index contributed by atoms with van der Waals surface area (Å²) in [6, 6.07) is 20.9. The van der Waals surface area contributed by atoms with Crippen LogP contribution in [0.3, 0.4) is 0 Å². The van der Waals surface area contributed by atoms with Gasteiger partial charge in [0.25, 0.3) is 0 Å². The van der Waals surface area contributed by atoms with Crippen molar-refractivity contribution < 1.29 is 12.9 Å². The average molecular weight is 434 g/mol. The largest absolute Gasteiger partial charge is 0.339 e. The first-order valence-corrected chi connectivity index (χ1v) is 11.8.